The van der Waals surface area contributed by atoms with Crippen molar-refractivity contribution >= 4 is 17.4 Å². The van der Waals surface area contributed by atoms with E-state index >= 15 is 0 Å². The van der Waals surface area contributed by atoms with E-state index in [9.17, 15) is 4.79 Å². The topological polar surface area (TPSA) is 51.0 Å². The van der Waals surface area contributed by atoms with E-state index in [0.29, 0.717) is 12.0 Å². The van der Waals surface area contributed by atoms with Gasteiger partial charge in [-0.05, 0) is 6.08 Å². The lowest BCUT2D eigenvalue weighted by Crippen LogP contribution is -2.17. The Hall–Kier alpha value is -1.71. The van der Waals surface area contributed by atoms with Crippen LogP contribution in [-0.2, 0) is 9.53 Å². The third kappa shape index (κ3) is 1.30. The van der Waals surface area contributed by atoms with E-state index in [1.165, 1.54) is 13.3 Å². The minimum absolute atomic E-state index is 0.336. The Labute approximate surface area is 75.3 Å². The zero-order chi connectivity index (χ0) is 9.26. The predicted octanol–water partition coefficient (Wildman–Crippen LogP) is 0.856. The first kappa shape index (κ1) is 7.91. The number of ether oxygens (including phenoxy) is 1. The van der Waals surface area contributed by atoms with Crippen molar-refractivity contribution in [3.8, 4) is 0 Å². The van der Waals surface area contributed by atoms with Crippen LogP contribution in [0, 0.1) is 0 Å². The molecule has 0 bridgehead atoms. The molecule has 0 aromatic carbocycles. The Morgan fingerprint density at radius 3 is 3.15 bits per heavy atom. The first-order valence-corrected chi connectivity index (χ1v) is 3.90. The SMILES string of the molecule is COC(=O)C1=CN=C2C=CN=C2C1. The van der Waals surface area contributed by atoms with E-state index < -0.39 is 0 Å². The Bertz CT molecular complexity index is 375. The molecule has 0 amide bonds. The smallest absolute Gasteiger partial charge is 0.335 e. The molecule has 0 aliphatic carbocycles. The summed E-state index contributed by atoms with van der Waals surface area (Å²) in [5, 5.41) is 0. The number of rotatable bonds is 1. The molecule has 0 spiro atoms. The zero-order valence-electron chi connectivity index (χ0n) is 7.15. The molecule has 4 heteroatoms. The highest BCUT2D eigenvalue weighted by atomic mass is 16.5. The highest BCUT2D eigenvalue weighted by molar-refractivity contribution is 6.49. The fourth-order valence-corrected chi connectivity index (χ4v) is 1.24. The van der Waals surface area contributed by atoms with Crippen LogP contribution in [0.1, 0.15) is 6.42 Å². The first-order valence-electron chi connectivity index (χ1n) is 3.90. The highest BCUT2D eigenvalue weighted by Crippen LogP contribution is 2.15. The van der Waals surface area contributed by atoms with Crippen LogP contribution in [-0.4, -0.2) is 24.5 Å². The van der Waals surface area contributed by atoms with Gasteiger partial charge in [0.1, 0.15) is 0 Å². The van der Waals surface area contributed by atoms with E-state index in [2.05, 4.69) is 14.7 Å². The maximum Gasteiger partial charge on any atom is 0.335 e. The van der Waals surface area contributed by atoms with Crippen LogP contribution >= 0.6 is 0 Å². The maximum absolute atomic E-state index is 11.1. The average molecular weight is 176 g/mol. The summed E-state index contributed by atoms with van der Waals surface area (Å²) in [6, 6.07) is 0. The number of esters is 1. The number of carbonyl (C=O) groups excluding carboxylic acids is 1. The molecule has 0 aromatic rings. The summed E-state index contributed by atoms with van der Waals surface area (Å²) in [4.78, 5) is 19.3. The van der Waals surface area contributed by atoms with Crippen molar-refractivity contribution in [2.45, 2.75) is 6.42 Å². The second-order valence-corrected chi connectivity index (χ2v) is 2.73. The van der Waals surface area contributed by atoms with Crippen LogP contribution in [0.25, 0.3) is 0 Å². The molecule has 13 heavy (non-hydrogen) atoms. The van der Waals surface area contributed by atoms with Crippen LogP contribution in [0.3, 0.4) is 0 Å². The van der Waals surface area contributed by atoms with Gasteiger partial charge in [-0.25, -0.2) is 4.79 Å². The second-order valence-electron chi connectivity index (χ2n) is 2.73. The zero-order valence-corrected chi connectivity index (χ0v) is 7.15. The molecule has 2 aliphatic rings. The van der Waals surface area contributed by atoms with E-state index in [1.807, 2.05) is 6.08 Å². The van der Waals surface area contributed by atoms with Crippen LogP contribution in [0.2, 0.25) is 0 Å². The number of allylic oxidation sites excluding steroid dienone is 1. The van der Waals surface area contributed by atoms with Gasteiger partial charge in [-0.1, -0.05) is 0 Å². The molecule has 0 saturated carbocycles. The summed E-state index contributed by atoms with van der Waals surface area (Å²) >= 11 is 0. The van der Waals surface area contributed by atoms with Crippen molar-refractivity contribution in [1.29, 1.82) is 0 Å². The molecule has 0 saturated heterocycles. The van der Waals surface area contributed by atoms with Crippen molar-refractivity contribution in [2.24, 2.45) is 9.98 Å². The fraction of sp³-hybridized carbons (Fsp3) is 0.222. The van der Waals surface area contributed by atoms with Gasteiger partial charge in [-0.15, -0.1) is 0 Å². The Kier molecular flexibility index (Phi) is 1.81. The molecular formula is C9H8N2O2. The Morgan fingerprint density at radius 2 is 2.38 bits per heavy atom. The van der Waals surface area contributed by atoms with Crippen molar-refractivity contribution in [2.75, 3.05) is 7.11 Å². The minimum atomic E-state index is -0.336. The van der Waals surface area contributed by atoms with Gasteiger partial charge in [0.15, 0.2) is 0 Å². The summed E-state index contributed by atoms with van der Waals surface area (Å²) in [6.45, 7) is 0. The molecule has 2 rings (SSSR count). The van der Waals surface area contributed by atoms with Crippen molar-refractivity contribution in [3.63, 3.8) is 0 Å². The summed E-state index contributed by atoms with van der Waals surface area (Å²) in [7, 11) is 1.36. The maximum atomic E-state index is 11.1. The standard InChI is InChI=1S/C9H8N2O2/c1-13-9(12)6-4-8-7(11-5-6)2-3-10-8/h2-3,5H,4H2,1H3. The molecule has 2 aliphatic heterocycles. The molecule has 2 heterocycles. The Morgan fingerprint density at radius 1 is 1.54 bits per heavy atom. The minimum Gasteiger partial charge on any atom is -0.466 e. The van der Waals surface area contributed by atoms with Gasteiger partial charge in [0, 0.05) is 18.8 Å². The number of aliphatic imine (C=N–C) groups is 2. The largest absolute Gasteiger partial charge is 0.466 e. The molecule has 0 radical (unpaired) electrons. The monoisotopic (exact) mass is 176 g/mol. The normalized spacial score (nSPS) is 18.7. The third-order valence-corrected chi connectivity index (χ3v) is 1.92. The fourth-order valence-electron chi connectivity index (χ4n) is 1.24. The predicted molar refractivity (Wildman–Crippen MR) is 48.7 cm³/mol. The number of hydrogen-bond donors (Lipinski definition) is 0. The van der Waals surface area contributed by atoms with E-state index in [-0.39, 0.29) is 5.97 Å². The van der Waals surface area contributed by atoms with Crippen LogP contribution in [0.15, 0.2) is 34.0 Å². The lowest BCUT2D eigenvalue weighted by atomic mass is 10.0. The number of methoxy groups -OCH3 is 1. The van der Waals surface area contributed by atoms with Gasteiger partial charge in [-0.2, -0.15) is 0 Å². The van der Waals surface area contributed by atoms with Crippen LogP contribution in [0.5, 0.6) is 0 Å². The quantitative estimate of drug-likeness (QED) is 0.556. The van der Waals surface area contributed by atoms with Gasteiger partial charge >= 0.3 is 5.97 Å². The molecule has 66 valence electrons. The van der Waals surface area contributed by atoms with E-state index in [4.69, 9.17) is 0 Å². The molecular weight excluding hydrogens is 168 g/mol. The van der Waals surface area contributed by atoms with Gasteiger partial charge in [0.05, 0.1) is 24.1 Å². The van der Waals surface area contributed by atoms with Crippen molar-refractivity contribution in [3.05, 3.63) is 24.0 Å². The number of fused-ring (bicyclic) bond motifs is 1. The number of hydrogen-bond acceptors (Lipinski definition) is 4. The molecule has 0 fully saturated rings. The summed E-state index contributed by atoms with van der Waals surface area (Å²) < 4.78 is 4.59. The van der Waals surface area contributed by atoms with Crippen LogP contribution < -0.4 is 0 Å². The number of carbonyl (C=O) groups is 1. The molecule has 0 aromatic heterocycles. The summed E-state index contributed by atoms with van der Waals surface area (Å²) in [6.07, 6.45) is 5.55. The van der Waals surface area contributed by atoms with Gasteiger partial charge < -0.3 is 4.74 Å². The Balaban J connectivity index is 2.25. The van der Waals surface area contributed by atoms with Gasteiger partial charge in [-0.3, -0.25) is 9.98 Å². The lowest BCUT2D eigenvalue weighted by molar-refractivity contribution is -0.136. The second kappa shape index (κ2) is 2.97. The van der Waals surface area contributed by atoms with Crippen molar-refractivity contribution < 1.29 is 9.53 Å². The lowest BCUT2D eigenvalue weighted by Gasteiger charge is -2.09. The van der Waals surface area contributed by atoms with Gasteiger partial charge in [0.25, 0.3) is 0 Å². The highest BCUT2D eigenvalue weighted by Gasteiger charge is 2.20. The third-order valence-electron chi connectivity index (χ3n) is 1.92. The average Bonchev–Trinajstić information content (AvgIpc) is 2.63. The van der Waals surface area contributed by atoms with Crippen LogP contribution in [0.4, 0.5) is 0 Å². The van der Waals surface area contributed by atoms with Gasteiger partial charge in [0.2, 0.25) is 0 Å². The van der Waals surface area contributed by atoms with E-state index in [1.54, 1.807) is 6.20 Å². The summed E-state index contributed by atoms with van der Waals surface area (Å²) in [5.74, 6) is -0.336. The molecule has 4 nitrogen and oxygen atoms in total. The molecule has 0 atom stereocenters. The van der Waals surface area contributed by atoms with Crippen molar-refractivity contribution in [1.82, 2.24) is 0 Å². The number of nitrogens with zero attached hydrogens (tertiary/aromatic N) is 2. The van der Waals surface area contributed by atoms with E-state index in [0.717, 1.165) is 11.4 Å². The summed E-state index contributed by atoms with van der Waals surface area (Å²) in [5.41, 5.74) is 2.23. The molecule has 0 N–H and O–H groups in total. The molecule has 0 unspecified atom stereocenters. The first-order chi connectivity index (χ1) is 6.31.